The molecule has 2 heterocycles. The maximum absolute atomic E-state index is 12.2. The summed E-state index contributed by atoms with van der Waals surface area (Å²) >= 11 is 0. The number of carbonyl (C=O) groups is 2. The molecule has 0 spiro atoms. The molecule has 1 aromatic carbocycles. The van der Waals surface area contributed by atoms with Crippen molar-refractivity contribution < 1.29 is 29.7 Å². The lowest BCUT2D eigenvalue weighted by atomic mass is 10.1. The Morgan fingerprint density at radius 2 is 1.80 bits per heavy atom. The van der Waals surface area contributed by atoms with Crippen molar-refractivity contribution in [3.63, 3.8) is 0 Å². The van der Waals surface area contributed by atoms with Crippen LogP contribution in [0.25, 0.3) is 0 Å². The van der Waals surface area contributed by atoms with Crippen LogP contribution in [0.3, 0.4) is 0 Å². The van der Waals surface area contributed by atoms with Gasteiger partial charge in [-0.3, -0.25) is 4.79 Å². The highest BCUT2D eigenvalue weighted by Crippen LogP contribution is 2.17. The summed E-state index contributed by atoms with van der Waals surface area (Å²) in [6, 6.07) is 11.5. The van der Waals surface area contributed by atoms with Crippen LogP contribution in [0.1, 0.15) is 30.6 Å². The SMILES string of the molecule is CC(CCc1ccccc1)NCC(O)c1cc2c(=O)n(c1)OC(=O)/C=C/C(=O)O2.O. The minimum absolute atomic E-state index is 0. The van der Waals surface area contributed by atoms with Gasteiger partial charge in [-0.15, -0.1) is 4.73 Å². The van der Waals surface area contributed by atoms with Gasteiger partial charge in [0.2, 0.25) is 0 Å². The molecule has 1 aliphatic heterocycles. The third-order valence-corrected chi connectivity index (χ3v) is 4.48. The number of ether oxygens (including phenoxy) is 1. The van der Waals surface area contributed by atoms with Crippen LogP contribution < -0.4 is 20.5 Å². The topological polar surface area (TPSA) is 138 Å². The summed E-state index contributed by atoms with van der Waals surface area (Å²) < 4.78 is 5.59. The van der Waals surface area contributed by atoms with Gasteiger partial charge in [-0.25, -0.2) is 9.59 Å². The first-order valence-electron chi connectivity index (χ1n) is 9.26. The van der Waals surface area contributed by atoms with Crippen molar-refractivity contribution in [1.29, 1.82) is 0 Å². The van der Waals surface area contributed by atoms with E-state index in [0.717, 1.165) is 25.0 Å². The average molecular weight is 416 g/mol. The molecule has 0 fully saturated rings. The fourth-order valence-electron chi connectivity index (χ4n) is 2.84. The highest BCUT2D eigenvalue weighted by molar-refractivity contribution is 5.92. The Labute approximate surface area is 172 Å². The number of rotatable bonds is 7. The Morgan fingerprint density at radius 3 is 2.53 bits per heavy atom. The minimum Gasteiger partial charge on any atom is -0.417 e. The number of hydrogen-bond donors (Lipinski definition) is 2. The lowest BCUT2D eigenvalue weighted by Gasteiger charge is -2.18. The molecular weight excluding hydrogens is 392 g/mol. The minimum atomic E-state index is -1.01. The molecular formula is C21H24N2O7. The fourth-order valence-corrected chi connectivity index (χ4v) is 2.84. The van der Waals surface area contributed by atoms with Crippen molar-refractivity contribution in [3.8, 4) is 5.75 Å². The van der Waals surface area contributed by atoms with E-state index in [-0.39, 0.29) is 29.4 Å². The number of benzene rings is 1. The van der Waals surface area contributed by atoms with Crippen LogP contribution in [0.15, 0.2) is 59.5 Å². The predicted molar refractivity (Wildman–Crippen MR) is 108 cm³/mol. The summed E-state index contributed by atoms with van der Waals surface area (Å²) in [5.41, 5.74) is 0.696. The number of nitrogens with zero attached hydrogens (tertiary/aromatic N) is 1. The van der Waals surface area contributed by atoms with Gasteiger partial charge in [0, 0.05) is 30.3 Å². The zero-order valence-electron chi connectivity index (χ0n) is 16.4. The number of aryl methyl sites for hydroxylation is 1. The summed E-state index contributed by atoms with van der Waals surface area (Å²) in [5, 5.41) is 13.7. The van der Waals surface area contributed by atoms with Crippen molar-refractivity contribution >= 4 is 11.9 Å². The van der Waals surface area contributed by atoms with E-state index in [1.54, 1.807) is 0 Å². The summed E-state index contributed by atoms with van der Waals surface area (Å²) in [6.07, 6.45) is 3.70. The van der Waals surface area contributed by atoms with Crippen molar-refractivity contribution in [1.82, 2.24) is 10.0 Å². The van der Waals surface area contributed by atoms with Crippen LogP contribution in [-0.4, -0.2) is 39.8 Å². The molecule has 0 amide bonds. The third kappa shape index (κ3) is 6.11. The molecule has 9 heteroatoms. The molecule has 1 aromatic heterocycles. The molecule has 0 saturated heterocycles. The lowest BCUT2D eigenvalue weighted by molar-refractivity contribution is -0.139. The Bertz CT molecular complexity index is 925. The zero-order chi connectivity index (χ0) is 20.8. The largest absolute Gasteiger partial charge is 0.417 e. The van der Waals surface area contributed by atoms with Gasteiger partial charge in [0.1, 0.15) is 0 Å². The van der Waals surface area contributed by atoms with Gasteiger partial charge < -0.3 is 25.5 Å². The van der Waals surface area contributed by atoms with Crippen molar-refractivity contribution in [3.05, 3.63) is 76.2 Å². The second-order valence-corrected chi connectivity index (χ2v) is 6.78. The number of aliphatic hydroxyl groups excluding tert-OH is 1. The second kappa shape index (κ2) is 10.5. The van der Waals surface area contributed by atoms with Gasteiger partial charge in [-0.1, -0.05) is 30.3 Å². The fraction of sp³-hybridized carbons (Fsp3) is 0.286. The molecule has 2 atom stereocenters. The van der Waals surface area contributed by atoms with E-state index < -0.39 is 23.6 Å². The van der Waals surface area contributed by atoms with Gasteiger partial charge in [0.25, 0.3) is 0 Å². The van der Waals surface area contributed by atoms with Crippen LogP contribution >= 0.6 is 0 Å². The number of aliphatic hydroxyl groups is 1. The van der Waals surface area contributed by atoms with Crippen molar-refractivity contribution in [2.45, 2.75) is 31.9 Å². The number of nitrogens with one attached hydrogen (secondary N) is 1. The summed E-state index contributed by atoms with van der Waals surface area (Å²) in [4.78, 5) is 40.3. The Kier molecular flexibility index (Phi) is 8.05. The van der Waals surface area contributed by atoms with E-state index in [9.17, 15) is 19.5 Å². The van der Waals surface area contributed by atoms with Gasteiger partial charge in [-0.05, 0) is 31.4 Å². The molecule has 9 nitrogen and oxygen atoms in total. The number of pyridine rings is 1. The maximum atomic E-state index is 12.2. The Hall–Kier alpha value is -3.27. The van der Waals surface area contributed by atoms with E-state index in [4.69, 9.17) is 9.57 Å². The number of fused-ring (bicyclic) bond motifs is 2. The summed E-state index contributed by atoms with van der Waals surface area (Å²) in [5.74, 6) is -2.12. The van der Waals surface area contributed by atoms with Gasteiger partial charge in [-0.2, -0.15) is 0 Å². The van der Waals surface area contributed by atoms with Crippen LogP contribution in [0.5, 0.6) is 5.75 Å². The lowest BCUT2D eigenvalue weighted by Crippen LogP contribution is -2.33. The van der Waals surface area contributed by atoms with Crippen LogP contribution in [-0.2, 0) is 16.0 Å². The van der Waals surface area contributed by atoms with E-state index in [1.165, 1.54) is 17.8 Å². The highest BCUT2D eigenvalue weighted by atomic mass is 16.7. The Balaban J connectivity index is 0.00000320. The predicted octanol–water partition coefficient (Wildman–Crippen LogP) is 0.0983. The molecule has 0 saturated carbocycles. The number of carbonyl (C=O) groups excluding carboxylic acids is 2. The van der Waals surface area contributed by atoms with Gasteiger partial charge >= 0.3 is 17.5 Å². The standard InChI is InChI=1S/C21H22N2O6.H2O/c1-14(7-8-15-5-3-2-4-6-15)22-12-17(24)16-11-18-21(27)23(13-16)29-20(26)10-9-19(25)28-18;/h2-6,9-11,13-14,17,22,24H,7-8,12H2,1H3;1H2/b10-9+;. The molecule has 160 valence electrons. The molecule has 0 radical (unpaired) electrons. The normalized spacial score (nSPS) is 16.1. The second-order valence-electron chi connectivity index (χ2n) is 6.78. The van der Waals surface area contributed by atoms with E-state index in [1.807, 2.05) is 25.1 Å². The van der Waals surface area contributed by atoms with Crippen LogP contribution in [0.2, 0.25) is 0 Å². The highest BCUT2D eigenvalue weighted by Gasteiger charge is 2.19. The molecule has 4 N–H and O–H groups in total. The Morgan fingerprint density at radius 1 is 1.10 bits per heavy atom. The monoisotopic (exact) mass is 416 g/mol. The quantitative estimate of drug-likeness (QED) is 0.610. The first-order valence-corrected chi connectivity index (χ1v) is 9.26. The molecule has 1 aliphatic rings. The molecule has 2 bridgehead atoms. The molecule has 0 aliphatic carbocycles. The van der Waals surface area contributed by atoms with Crippen LogP contribution in [0.4, 0.5) is 0 Å². The summed E-state index contributed by atoms with van der Waals surface area (Å²) in [6.45, 7) is 2.22. The number of aromatic nitrogens is 1. The number of esters is 1. The third-order valence-electron chi connectivity index (χ3n) is 4.48. The van der Waals surface area contributed by atoms with E-state index in [0.29, 0.717) is 4.73 Å². The van der Waals surface area contributed by atoms with Gasteiger partial charge in [0.05, 0.1) is 12.3 Å². The molecule has 30 heavy (non-hydrogen) atoms. The van der Waals surface area contributed by atoms with E-state index in [2.05, 4.69) is 17.4 Å². The molecule has 3 rings (SSSR count). The van der Waals surface area contributed by atoms with Gasteiger partial charge in [0.15, 0.2) is 5.75 Å². The smallest absolute Gasteiger partial charge is 0.356 e. The van der Waals surface area contributed by atoms with E-state index >= 15 is 0 Å². The molecule has 2 unspecified atom stereocenters. The average Bonchev–Trinajstić information content (AvgIpc) is 2.74. The van der Waals surface area contributed by atoms with Crippen molar-refractivity contribution in [2.75, 3.05) is 6.54 Å². The zero-order valence-corrected chi connectivity index (χ0v) is 16.4. The molecule has 2 aromatic rings. The van der Waals surface area contributed by atoms with Crippen LogP contribution in [0, 0.1) is 0 Å². The maximum Gasteiger partial charge on any atom is 0.356 e. The number of hydrogen-bond acceptors (Lipinski definition) is 7. The first-order chi connectivity index (χ1) is 13.9. The van der Waals surface area contributed by atoms with Crippen molar-refractivity contribution in [2.24, 2.45) is 0 Å². The summed E-state index contributed by atoms with van der Waals surface area (Å²) in [7, 11) is 0. The first kappa shape index (κ1) is 23.0.